The molecule has 5 heteroatoms. The number of halogens is 2. The van der Waals surface area contributed by atoms with Gasteiger partial charge in [-0.1, -0.05) is 48.7 Å². The fourth-order valence-corrected chi connectivity index (χ4v) is 2.81. The van der Waals surface area contributed by atoms with Crippen LogP contribution in [-0.4, -0.2) is 13.2 Å². The van der Waals surface area contributed by atoms with E-state index in [0.29, 0.717) is 34.8 Å². The number of rotatable bonds is 10. The van der Waals surface area contributed by atoms with E-state index in [1.807, 2.05) is 43.3 Å². The minimum Gasteiger partial charge on any atom is -0.490 e. The maximum Gasteiger partial charge on any atom is 0.180 e. The Morgan fingerprint density at radius 2 is 1.72 bits per heavy atom. The molecule has 0 unspecified atom stereocenters. The summed E-state index contributed by atoms with van der Waals surface area (Å²) >= 11 is 12.4. The van der Waals surface area contributed by atoms with Crippen LogP contribution in [0.5, 0.6) is 11.5 Å². The van der Waals surface area contributed by atoms with Gasteiger partial charge in [-0.25, -0.2) is 0 Å². The Hall–Kier alpha value is -1.42. The molecule has 2 aromatic rings. The molecule has 2 rings (SSSR count). The second-order valence-corrected chi connectivity index (χ2v) is 6.63. The van der Waals surface area contributed by atoms with Crippen molar-refractivity contribution in [3.63, 3.8) is 0 Å². The summed E-state index contributed by atoms with van der Waals surface area (Å²) in [5, 5.41) is 4.68. The first-order valence-corrected chi connectivity index (χ1v) is 9.42. The van der Waals surface area contributed by atoms with E-state index in [9.17, 15) is 0 Å². The molecule has 3 nitrogen and oxygen atoms in total. The van der Waals surface area contributed by atoms with Crippen LogP contribution in [-0.2, 0) is 13.2 Å². The zero-order chi connectivity index (χ0) is 18.1. The lowest BCUT2D eigenvalue weighted by atomic mass is 10.2. The molecule has 0 aliphatic rings. The minimum atomic E-state index is 0.408. The highest BCUT2D eigenvalue weighted by atomic mass is 35.5. The molecular formula is C20H25Cl2NO2. The predicted molar refractivity (Wildman–Crippen MR) is 105 cm³/mol. The van der Waals surface area contributed by atoms with Gasteiger partial charge in [0.25, 0.3) is 0 Å². The molecule has 0 fully saturated rings. The van der Waals surface area contributed by atoms with Gasteiger partial charge in [0.15, 0.2) is 11.5 Å². The standard InChI is InChI=1S/C20H25Cl2NO2/c1-3-5-10-23-13-16-11-18(22)20(19(12-16)24-4-2)25-14-15-6-8-17(21)9-7-15/h6-9,11-12,23H,3-5,10,13-14H2,1-2H3. The van der Waals surface area contributed by atoms with E-state index < -0.39 is 0 Å². The van der Waals surface area contributed by atoms with Crippen LogP contribution in [0.15, 0.2) is 36.4 Å². The van der Waals surface area contributed by atoms with Crippen LogP contribution in [0.25, 0.3) is 0 Å². The predicted octanol–water partition coefficient (Wildman–Crippen LogP) is 5.86. The summed E-state index contributed by atoms with van der Waals surface area (Å²) in [4.78, 5) is 0. The molecule has 0 radical (unpaired) electrons. The van der Waals surface area contributed by atoms with Gasteiger partial charge in [0.2, 0.25) is 0 Å². The van der Waals surface area contributed by atoms with Crippen LogP contribution in [0, 0.1) is 0 Å². The number of nitrogens with one attached hydrogen (secondary N) is 1. The third-order valence-corrected chi connectivity index (χ3v) is 4.23. The number of hydrogen-bond donors (Lipinski definition) is 1. The first kappa shape index (κ1) is 19.9. The van der Waals surface area contributed by atoms with E-state index >= 15 is 0 Å². The lowest BCUT2D eigenvalue weighted by Crippen LogP contribution is -2.14. The van der Waals surface area contributed by atoms with E-state index in [-0.39, 0.29) is 0 Å². The molecule has 0 spiro atoms. The van der Waals surface area contributed by atoms with Crippen molar-refractivity contribution in [1.82, 2.24) is 5.32 Å². The van der Waals surface area contributed by atoms with Crippen LogP contribution in [0.2, 0.25) is 10.0 Å². The molecule has 0 amide bonds. The lowest BCUT2D eigenvalue weighted by Gasteiger charge is -2.16. The molecule has 0 aromatic heterocycles. The maximum atomic E-state index is 6.45. The molecule has 0 heterocycles. The Morgan fingerprint density at radius 3 is 2.40 bits per heavy atom. The van der Waals surface area contributed by atoms with Gasteiger partial charge in [-0.05, 0) is 55.3 Å². The van der Waals surface area contributed by atoms with E-state index in [0.717, 1.165) is 30.6 Å². The second kappa shape index (κ2) is 10.5. The van der Waals surface area contributed by atoms with Crippen molar-refractivity contribution < 1.29 is 9.47 Å². The van der Waals surface area contributed by atoms with Gasteiger partial charge in [-0.2, -0.15) is 0 Å². The Bertz CT molecular complexity index is 659. The average Bonchev–Trinajstić information content (AvgIpc) is 2.60. The van der Waals surface area contributed by atoms with Gasteiger partial charge < -0.3 is 14.8 Å². The van der Waals surface area contributed by atoms with Crippen molar-refractivity contribution in [2.45, 2.75) is 39.8 Å². The zero-order valence-electron chi connectivity index (χ0n) is 14.8. The van der Waals surface area contributed by atoms with Crippen molar-refractivity contribution >= 4 is 23.2 Å². The van der Waals surface area contributed by atoms with Crippen molar-refractivity contribution in [1.29, 1.82) is 0 Å². The first-order chi connectivity index (χ1) is 12.1. The van der Waals surface area contributed by atoms with E-state index in [2.05, 4.69) is 12.2 Å². The molecule has 0 aliphatic heterocycles. The Labute approximate surface area is 160 Å². The normalized spacial score (nSPS) is 10.7. The molecule has 2 aromatic carbocycles. The van der Waals surface area contributed by atoms with E-state index in [1.165, 1.54) is 6.42 Å². The Kier molecular flexibility index (Phi) is 8.39. The highest BCUT2D eigenvalue weighted by Gasteiger charge is 2.13. The third-order valence-electron chi connectivity index (χ3n) is 3.70. The van der Waals surface area contributed by atoms with Crippen molar-refractivity contribution in [2.75, 3.05) is 13.2 Å². The maximum absolute atomic E-state index is 6.45. The van der Waals surface area contributed by atoms with Crippen molar-refractivity contribution in [3.8, 4) is 11.5 Å². The van der Waals surface area contributed by atoms with Crippen LogP contribution < -0.4 is 14.8 Å². The summed E-state index contributed by atoms with van der Waals surface area (Å²) in [6.07, 6.45) is 2.34. The second-order valence-electron chi connectivity index (χ2n) is 5.78. The average molecular weight is 382 g/mol. The van der Waals surface area contributed by atoms with Crippen LogP contribution in [0.4, 0.5) is 0 Å². The van der Waals surface area contributed by atoms with Gasteiger partial charge in [-0.3, -0.25) is 0 Å². The molecule has 0 atom stereocenters. The molecule has 0 saturated heterocycles. The molecule has 1 N–H and O–H groups in total. The van der Waals surface area contributed by atoms with Gasteiger partial charge in [0, 0.05) is 11.6 Å². The van der Waals surface area contributed by atoms with Crippen molar-refractivity contribution in [2.24, 2.45) is 0 Å². The zero-order valence-corrected chi connectivity index (χ0v) is 16.3. The smallest absolute Gasteiger partial charge is 0.180 e. The summed E-state index contributed by atoms with van der Waals surface area (Å²) in [5.74, 6) is 1.26. The monoisotopic (exact) mass is 381 g/mol. The summed E-state index contributed by atoms with van der Waals surface area (Å²) in [6.45, 7) is 6.84. The highest BCUT2D eigenvalue weighted by Crippen LogP contribution is 2.37. The highest BCUT2D eigenvalue weighted by molar-refractivity contribution is 6.32. The summed E-state index contributed by atoms with van der Waals surface area (Å²) in [6, 6.07) is 11.5. The number of hydrogen-bond acceptors (Lipinski definition) is 3. The fourth-order valence-electron chi connectivity index (χ4n) is 2.40. The molecule has 25 heavy (non-hydrogen) atoms. The van der Waals surface area contributed by atoms with Crippen LogP contribution in [0.3, 0.4) is 0 Å². The Balaban J connectivity index is 2.08. The van der Waals surface area contributed by atoms with Crippen LogP contribution >= 0.6 is 23.2 Å². The van der Waals surface area contributed by atoms with E-state index in [1.54, 1.807) is 0 Å². The SMILES string of the molecule is CCCCNCc1cc(Cl)c(OCc2ccc(Cl)cc2)c(OCC)c1. The Morgan fingerprint density at radius 1 is 0.960 bits per heavy atom. The van der Waals surface area contributed by atoms with Crippen LogP contribution in [0.1, 0.15) is 37.8 Å². The molecule has 136 valence electrons. The van der Waals surface area contributed by atoms with Gasteiger partial charge >= 0.3 is 0 Å². The van der Waals surface area contributed by atoms with Gasteiger partial charge in [0.1, 0.15) is 6.61 Å². The first-order valence-electron chi connectivity index (χ1n) is 8.67. The van der Waals surface area contributed by atoms with Gasteiger partial charge in [-0.15, -0.1) is 0 Å². The molecular weight excluding hydrogens is 357 g/mol. The molecule has 0 saturated carbocycles. The molecule has 0 bridgehead atoms. The summed E-state index contributed by atoms with van der Waals surface area (Å²) < 4.78 is 11.7. The summed E-state index contributed by atoms with van der Waals surface area (Å²) in [5.41, 5.74) is 2.11. The largest absolute Gasteiger partial charge is 0.490 e. The number of ether oxygens (including phenoxy) is 2. The third kappa shape index (κ3) is 6.43. The topological polar surface area (TPSA) is 30.5 Å². The number of benzene rings is 2. The quantitative estimate of drug-likeness (QED) is 0.522. The van der Waals surface area contributed by atoms with Crippen molar-refractivity contribution in [3.05, 3.63) is 57.6 Å². The fraction of sp³-hybridized carbons (Fsp3) is 0.400. The minimum absolute atomic E-state index is 0.408. The summed E-state index contributed by atoms with van der Waals surface area (Å²) in [7, 11) is 0. The molecule has 0 aliphatic carbocycles. The van der Waals surface area contributed by atoms with Gasteiger partial charge in [0.05, 0.1) is 11.6 Å². The number of unbranched alkanes of at least 4 members (excludes halogenated alkanes) is 1. The lowest BCUT2D eigenvalue weighted by molar-refractivity contribution is 0.269. The van der Waals surface area contributed by atoms with E-state index in [4.69, 9.17) is 32.7 Å².